The first kappa shape index (κ1) is 18.0. The molecule has 0 saturated carbocycles. The minimum atomic E-state index is 0.643. The van der Waals surface area contributed by atoms with E-state index in [9.17, 15) is 0 Å². The van der Waals surface area contributed by atoms with Crippen molar-refractivity contribution in [3.8, 4) is 0 Å². The summed E-state index contributed by atoms with van der Waals surface area (Å²) in [6.07, 6.45) is 0. The maximum Gasteiger partial charge on any atom is 0.191 e. The Morgan fingerprint density at radius 1 is 0.958 bits per heavy atom. The molecule has 0 aliphatic rings. The largest absolute Gasteiger partial charge is 0.377 e. The molecule has 128 valence electrons. The molecule has 0 aliphatic carbocycles. The number of ether oxygens (including phenoxy) is 1. The lowest BCUT2D eigenvalue weighted by Gasteiger charge is -2.14. The molecule has 2 aromatic carbocycles. The highest BCUT2D eigenvalue weighted by Gasteiger charge is 2.04. The van der Waals surface area contributed by atoms with Crippen LogP contribution in [0.3, 0.4) is 0 Å². The fourth-order valence-corrected chi connectivity index (χ4v) is 2.37. The quantitative estimate of drug-likeness (QED) is 0.606. The van der Waals surface area contributed by atoms with Crippen LogP contribution < -0.4 is 10.6 Å². The summed E-state index contributed by atoms with van der Waals surface area (Å²) in [6.45, 7) is 6.94. The Hall–Kier alpha value is -2.33. The lowest BCUT2D eigenvalue weighted by Crippen LogP contribution is -2.36. The van der Waals surface area contributed by atoms with E-state index in [-0.39, 0.29) is 0 Å². The summed E-state index contributed by atoms with van der Waals surface area (Å²) in [6, 6.07) is 16.8. The third kappa shape index (κ3) is 5.70. The summed E-state index contributed by atoms with van der Waals surface area (Å²) in [5.41, 5.74) is 4.94. The molecule has 2 N–H and O–H groups in total. The summed E-state index contributed by atoms with van der Waals surface area (Å²) in [4.78, 5) is 4.29. The normalized spacial score (nSPS) is 11.4. The number of hydrogen-bond donors (Lipinski definition) is 2. The number of nitrogens with zero attached hydrogens (tertiary/aromatic N) is 1. The maximum atomic E-state index is 5.53. The van der Waals surface area contributed by atoms with E-state index >= 15 is 0 Å². The summed E-state index contributed by atoms with van der Waals surface area (Å²) in [5, 5.41) is 6.71. The predicted octanol–water partition coefficient (Wildman–Crippen LogP) is 3.40. The first-order chi connectivity index (χ1) is 11.7. The Labute approximate surface area is 145 Å². The van der Waals surface area contributed by atoms with Gasteiger partial charge in [0.2, 0.25) is 0 Å². The minimum absolute atomic E-state index is 0.643. The van der Waals surface area contributed by atoms with Gasteiger partial charge in [-0.05, 0) is 30.5 Å². The smallest absolute Gasteiger partial charge is 0.191 e. The van der Waals surface area contributed by atoms with Crippen LogP contribution in [0.15, 0.2) is 53.5 Å². The van der Waals surface area contributed by atoms with E-state index in [1.54, 1.807) is 7.05 Å². The van der Waals surface area contributed by atoms with Gasteiger partial charge in [-0.1, -0.05) is 54.1 Å². The van der Waals surface area contributed by atoms with Gasteiger partial charge in [0.05, 0.1) is 6.61 Å². The second-order valence-electron chi connectivity index (χ2n) is 5.67. The van der Waals surface area contributed by atoms with Gasteiger partial charge in [0, 0.05) is 26.7 Å². The number of aliphatic imine (C=N–C) groups is 1. The van der Waals surface area contributed by atoms with Gasteiger partial charge in [-0.25, -0.2) is 0 Å². The first-order valence-electron chi connectivity index (χ1n) is 8.37. The molecular weight excluding hydrogens is 298 g/mol. The molecule has 0 unspecified atom stereocenters. The number of aryl methyl sites for hydroxylation is 1. The van der Waals surface area contributed by atoms with E-state index < -0.39 is 0 Å². The number of nitrogens with one attached hydrogen (secondary N) is 2. The van der Waals surface area contributed by atoms with Crippen LogP contribution in [0.4, 0.5) is 0 Å². The zero-order valence-electron chi connectivity index (χ0n) is 14.8. The van der Waals surface area contributed by atoms with Gasteiger partial charge in [0.15, 0.2) is 5.96 Å². The van der Waals surface area contributed by atoms with Crippen molar-refractivity contribution in [1.29, 1.82) is 0 Å². The second kappa shape index (κ2) is 9.73. The molecule has 0 aliphatic heterocycles. The molecule has 0 aromatic heterocycles. The lowest BCUT2D eigenvalue weighted by molar-refractivity contribution is 0.133. The fraction of sp³-hybridized carbons (Fsp3) is 0.350. The minimum Gasteiger partial charge on any atom is -0.377 e. The average molecular weight is 325 g/mol. The number of hydrogen-bond acceptors (Lipinski definition) is 2. The van der Waals surface area contributed by atoms with Crippen molar-refractivity contribution >= 4 is 5.96 Å². The Bertz CT molecular complexity index is 650. The molecular formula is C20H27N3O. The molecule has 0 spiro atoms. The molecule has 4 nitrogen and oxygen atoms in total. The van der Waals surface area contributed by atoms with E-state index in [0.29, 0.717) is 6.61 Å². The molecule has 0 amide bonds. The molecule has 4 heteroatoms. The van der Waals surface area contributed by atoms with E-state index in [4.69, 9.17) is 4.74 Å². The Morgan fingerprint density at radius 3 is 2.29 bits per heavy atom. The average Bonchev–Trinajstić information content (AvgIpc) is 2.62. The zero-order chi connectivity index (χ0) is 17.2. The fourth-order valence-electron chi connectivity index (χ4n) is 2.37. The molecule has 2 rings (SSSR count). The van der Waals surface area contributed by atoms with Crippen LogP contribution in [-0.4, -0.2) is 19.6 Å². The topological polar surface area (TPSA) is 45.6 Å². The van der Waals surface area contributed by atoms with E-state index in [0.717, 1.165) is 25.7 Å². The van der Waals surface area contributed by atoms with Crippen LogP contribution in [-0.2, 0) is 24.4 Å². The van der Waals surface area contributed by atoms with Crippen molar-refractivity contribution in [3.63, 3.8) is 0 Å². The van der Waals surface area contributed by atoms with Crippen molar-refractivity contribution in [2.45, 2.75) is 33.5 Å². The Balaban J connectivity index is 1.88. The van der Waals surface area contributed by atoms with Crippen molar-refractivity contribution in [2.75, 3.05) is 13.7 Å². The van der Waals surface area contributed by atoms with Gasteiger partial charge in [-0.2, -0.15) is 0 Å². The molecule has 0 atom stereocenters. The highest BCUT2D eigenvalue weighted by molar-refractivity contribution is 5.79. The lowest BCUT2D eigenvalue weighted by atomic mass is 10.1. The maximum absolute atomic E-state index is 5.53. The summed E-state index contributed by atoms with van der Waals surface area (Å²) in [7, 11) is 1.79. The highest BCUT2D eigenvalue weighted by atomic mass is 16.5. The van der Waals surface area contributed by atoms with Gasteiger partial charge in [-0.15, -0.1) is 0 Å². The molecule has 0 bridgehead atoms. The van der Waals surface area contributed by atoms with E-state index in [2.05, 4.69) is 65.0 Å². The van der Waals surface area contributed by atoms with Gasteiger partial charge in [0.25, 0.3) is 0 Å². The predicted molar refractivity (Wildman–Crippen MR) is 100.0 cm³/mol. The molecule has 0 radical (unpaired) electrons. The number of rotatable bonds is 7. The van der Waals surface area contributed by atoms with Crippen LogP contribution in [0.25, 0.3) is 0 Å². The second-order valence-corrected chi connectivity index (χ2v) is 5.67. The SMILES string of the molecule is CCOCc1ccccc1CNC(=NC)NCc1ccc(C)cc1. The number of guanidine groups is 1. The summed E-state index contributed by atoms with van der Waals surface area (Å²) >= 11 is 0. The van der Waals surface area contributed by atoms with Crippen molar-refractivity contribution < 1.29 is 4.74 Å². The van der Waals surface area contributed by atoms with Crippen molar-refractivity contribution in [1.82, 2.24) is 10.6 Å². The van der Waals surface area contributed by atoms with Crippen molar-refractivity contribution in [3.05, 3.63) is 70.8 Å². The molecule has 2 aromatic rings. The molecule has 0 saturated heterocycles. The molecule has 24 heavy (non-hydrogen) atoms. The van der Waals surface area contributed by atoms with Crippen LogP contribution in [0.1, 0.15) is 29.2 Å². The zero-order valence-corrected chi connectivity index (χ0v) is 14.8. The Morgan fingerprint density at radius 2 is 1.62 bits per heavy atom. The van der Waals surface area contributed by atoms with Gasteiger partial charge < -0.3 is 15.4 Å². The summed E-state index contributed by atoms with van der Waals surface area (Å²) < 4.78 is 5.53. The number of benzene rings is 2. The van der Waals surface area contributed by atoms with Gasteiger partial charge in [0.1, 0.15) is 0 Å². The van der Waals surface area contributed by atoms with Crippen LogP contribution in [0, 0.1) is 6.92 Å². The van der Waals surface area contributed by atoms with Gasteiger partial charge >= 0.3 is 0 Å². The highest BCUT2D eigenvalue weighted by Crippen LogP contribution is 2.10. The molecule has 0 heterocycles. The third-order valence-electron chi connectivity index (χ3n) is 3.83. The standard InChI is InChI=1S/C20H27N3O/c1-4-24-15-19-8-6-5-7-18(19)14-23-20(21-3)22-13-17-11-9-16(2)10-12-17/h5-12H,4,13-15H2,1-3H3,(H2,21,22,23). The molecule has 0 fully saturated rings. The third-order valence-corrected chi connectivity index (χ3v) is 3.83. The van der Waals surface area contributed by atoms with Gasteiger partial charge in [-0.3, -0.25) is 4.99 Å². The Kier molecular flexibility index (Phi) is 7.30. The summed E-state index contributed by atoms with van der Waals surface area (Å²) in [5.74, 6) is 0.793. The van der Waals surface area contributed by atoms with E-state index in [1.165, 1.54) is 22.3 Å². The van der Waals surface area contributed by atoms with Crippen LogP contribution in [0.2, 0.25) is 0 Å². The monoisotopic (exact) mass is 325 g/mol. The van der Waals surface area contributed by atoms with Crippen LogP contribution >= 0.6 is 0 Å². The van der Waals surface area contributed by atoms with Crippen LogP contribution in [0.5, 0.6) is 0 Å². The van der Waals surface area contributed by atoms with Crippen molar-refractivity contribution in [2.24, 2.45) is 4.99 Å². The van der Waals surface area contributed by atoms with E-state index in [1.807, 2.05) is 13.0 Å². The first-order valence-corrected chi connectivity index (χ1v) is 8.37.